The van der Waals surface area contributed by atoms with Gasteiger partial charge in [-0.2, -0.15) is 0 Å². The SMILES string of the molecule is Cl.N[C@H](c1cc(F)cc(F)c1F)C1CCC1. The average molecular weight is 252 g/mol. The van der Waals surface area contributed by atoms with Gasteiger partial charge in [0.2, 0.25) is 0 Å². The summed E-state index contributed by atoms with van der Waals surface area (Å²) in [7, 11) is 0. The van der Waals surface area contributed by atoms with Crippen molar-refractivity contribution in [3.63, 3.8) is 0 Å². The minimum absolute atomic E-state index is 0. The maximum atomic E-state index is 13.3. The zero-order valence-electron chi connectivity index (χ0n) is 8.55. The number of hydrogen-bond donors (Lipinski definition) is 1. The smallest absolute Gasteiger partial charge is 0.163 e. The molecule has 0 unspecified atom stereocenters. The highest BCUT2D eigenvalue weighted by molar-refractivity contribution is 5.85. The standard InChI is InChI=1S/C11H12F3N.ClH/c12-7-4-8(10(14)9(13)5-7)11(15)6-2-1-3-6;/h4-6,11H,1-3,15H2;1H/t11-;/m0./s1. The summed E-state index contributed by atoms with van der Waals surface area (Å²) >= 11 is 0. The third-order valence-corrected chi connectivity index (χ3v) is 3.04. The Balaban J connectivity index is 0.00000128. The van der Waals surface area contributed by atoms with Crippen LogP contribution in [0.1, 0.15) is 30.9 Å². The molecule has 0 saturated heterocycles. The Bertz CT molecular complexity index is 380. The van der Waals surface area contributed by atoms with Gasteiger partial charge < -0.3 is 5.73 Å². The maximum Gasteiger partial charge on any atom is 0.163 e. The highest BCUT2D eigenvalue weighted by Crippen LogP contribution is 2.37. The monoisotopic (exact) mass is 251 g/mol. The van der Waals surface area contributed by atoms with Gasteiger partial charge in [-0.3, -0.25) is 0 Å². The molecule has 2 N–H and O–H groups in total. The molecule has 5 heteroatoms. The summed E-state index contributed by atoms with van der Waals surface area (Å²) in [4.78, 5) is 0. The molecule has 2 rings (SSSR count). The van der Waals surface area contributed by atoms with E-state index in [9.17, 15) is 13.2 Å². The van der Waals surface area contributed by atoms with Crippen molar-refractivity contribution in [2.75, 3.05) is 0 Å². The molecule has 0 aromatic heterocycles. The Kier molecular flexibility index (Phi) is 4.21. The molecule has 1 aliphatic rings. The zero-order valence-corrected chi connectivity index (χ0v) is 9.37. The number of hydrogen-bond acceptors (Lipinski definition) is 1. The van der Waals surface area contributed by atoms with Gasteiger partial charge in [0.15, 0.2) is 11.6 Å². The van der Waals surface area contributed by atoms with Gasteiger partial charge in [-0.15, -0.1) is 12.4 Å². The lowest BCUT2D eigenvalue weighted by atomic mass is 9.77. The lowest BCUT2D eigenvalue weighted by Gasteiger charge is -2.31. The average Bonchev–Trinajstić information content (AvgIpc) is 2.08. The van der Waals surface area contributed by atoms with Crippen LogP contribution in [0.2, 0.25) is 0 Å². The number of rotatable bonds is 2. The first-order valence-electron chi connectivity index (χ1n) is 4.99. The molecule has 1 aromatic rings. The van der Waals surface area contributed by atoms with E-state index < -0.39 is 23.5 Å². The second-order valence-corrected chi connectivity index (χ2v) is 4.01. The lowest BCUT2D eigenvalue weighted by molar-refractivity contribution is 0.258. The molecule has 0 aliphatic heterocycles. The van der Waals surface area contributed by atoms with Crippen LogP contribution in [0.3, 0.4) is 0 Å². The molecule has 1 atom stereocenters. The minimum Gasteiger partial charge on any atom is -0.324 e. The summed E-state index contributed by atoms with van der Waals surface area (Å²) in [5, 5.41) is 0. The van der Waals surface area contributed by atoms with E-state index in [1.807, 2.05) is 0 Å². The lowest BCUT2D eigenvalue weighted by Crippen LogP contribution is -2.28. The highest BCUT2D eigenvalue weighted by atomic mass is 35.5. The van der Waals surface area contributed by atoms with E-state index in [4.69, 9.17) is 5.73 Å². The molecule has 1 aliphatic carbocycles. The topological polar surface area (TPSA) is 26.0 Å². The van der Waals surface area contributed by atoms with Gasteiger partial charge in [0.05, 0.1) is 0 Å². The fraction of sp³-hybridized carbons (Fsp3) is 0.455. The molecule has 0 bridgehead atoms. The molecule has 0 amide bonds. The molecule has 90 valence electrons. The fourth-order valence-corrected chi connectivity index (χ4v) is 1.87. The van der Waals surface area contributed by atoms with Crippen LogP contribution in [0.4, 0.5) is 13.2 Å². The number of halogens is 4. The first-order valence-corrected chi connectivity index (χ1v) is 4.99. The second kappa shape index (κ2) is 5.06. The molecule has 0 spiro atoms. The minimum atomic E-state index is -1.17. The summed E-state index contributed by atoms with van der Waals surface area (Å²) in [5.41, 5.74) is 5.72. The molecule has 1 fully saturated rings. The van der Waals surface area contributed by atoms with Crippen molar-refractivity contribution in [1.82, 2.24) is 0 Å². The van der Waals surface area contributed by atoms with Gasteiger partial charge in [-0.05, 0) is 24.8 Å². The van der Waals surface area contributed by atoms with E-state index in [2.05, 4.69) is 0 Å². The van der Waals surface area contributed by atoms with E-state index in [0.717, 1.165) is 25.3 Å². The van der Waals surface area contributed by atoms with Crippen molar-refractivity contribution in [2.24, 2.45) is 11.7 Å². The predicted octanol–water partition coefficient (Wildman–Crippen LogP) is 3.33. The van der Waals surface area contributed by atoms with Crippen LogP contribution in [-0.2, 0) is 0 Å². The molecule has 1 aromatic carbocycles. The molecule has 0 heterocycles. The van der Waals surface area contributed by atoms with Crippen molar-refractivity contribution in [3.8, 4) is 0 Å². The van der Waals surface area contributed by atoms with E-state index in [0.29, 0.717) is 6.07 Å². The first-order chi connectivity index (χ1) is 7.09. The molecule has 1 saturated carbocycles. The number of nitrogens with two attached hydrogens (primary N) is 1. The zero-order chi connectivity index (χ0) is 11.0. The van der Waals surface area contributed by atoms with Gasteiger partial charge in [0, 0.05) is 17.7 Å². The highest BCUT2D eigenvalue weighted by Gasteiger charge is 2.28. The molecular weight excluding hydrogens is 239 g/mol. The second-order valence-electron chi connectivity index (χ2n) is 4.01. The van der Waals surface area contributed by atoms with Crippen LogP contribution >= 0.6 is 12.4 Å². The maximum absolute atomic E-state index is 13.3. The Morgan fingerprint density at radius 3 is 2.31 bits per heavy atom. The van der Waals surface area contributed by atoms with Crippen molar-refractivity contribution < 1.29 is 13.2 Å². The van der Waals surface area contributed by atoms with Gasteiger partial charge in [-0.25, -0.2) is 13.2 Å². The van der Waals surface area contributed by atoms with Gasteiger partial charge in [0.1, 0.15) is 5.82 Å². The Hall–Kier alpha value is -0.740. The van der Waals surface area contributed by atoms with E-state index in [1.165, 1.54) is 0 Å². The Labute approximate surface area is 98.2 Å². The van der Waals surface area contributed by atoms with Crippen LogP contribution in [-0.4, -0.2) is 0 Å². The summed E-state index contributed by atoms with van der Waals surface area (Å²) < 4.78 is 39.1. The van der Waals surface area contributed by atoms with Crippen LogP contribution in [0.5, 0.6) is 0 Å². The van der Waals surface area contributed by atoms with Gasteiger partial charge >= 0.3 is 0 Å². The van der Waals surface area contributed by atoms with Crippen LogP contribution in [0.25, 0.3) is 0 Å². The van der Waals surface area contributed by atoms with E-state index in [-0.39, 0.29) is 23.9 Å². The van der Waals surface area contributed by atoms with Crippen molar-refractivity contribution in [1.29, 1.82) is 0 Å². The fourth-order valence-electron chi connectivity index (χ4n) is 1.87. The van der Waals surface area contributed by atoms with Crippen molar-refractivity contribution >= 4 is 12.4 Å². The van der Waals surface area contributed by atoms with E-state index in [1.54, 1.807) is 0 Å². The van der Waals surface area contributed by atoms with Crippen LogP contribution in [0.15, 0.2) is 12.1 Å². The van der Waals surface area contributed by atoms with Gasteiger partial charge in [-0.1, -0.05) is 6.42 Å². The molecular formula is C11H13ClF3N. The van der Waals surface area contributed by atoms with Crippen molar-refractivity contribution in [3.05, 3.63) is 35.1 Å². The Morgan fingerprint density at radius 2 is 1.81 bits per heavy atom. The van der Waals surface area contributed by atoms with Crippen molar-refractivity contribution in [2.45, 2.75) is 25.3 Å². The molecule has 16 heavy (non-hydrogen) atoms. The Morgan fingerprint density at radius 1 is 1.19 bits per heavy atom. The third kappa shape index (κ3) is 2.33. The summed E-state index contributed by atoms with van der Waals surface area (Å²) in [6, 6.07) is 0.928. The normalized spacial score (nSPS) is 17.5. The molecule has 1 nitrogen and oxygen atoms in total. The third-order valence-electron chi connectivity index (χ3n) is 3.04. The molecule has 0 radical (unpaired) electrons. The van der Waals surface area contributed by atoms with Gasteiger partial charge in [0.25, 0.3) is 0 Å². The predicted molar refractivity (Wildman–Crippen MR) is 57.8 cm³/mol. The summed E-state index contributed by atoms with van der Waals surface area (Å²) in [6.45, 7) is 0. The number of benzene rings is 1. The van der Waals surface area contributed by atoms with E-state index >= 15 is 0 Å². The largest absolute Gasteiger partial charge is 0.324 e. The first kappa shape index (κ1) is 13.3. The summed E-state index contributed by atoms with van der Waals surface area (Å²) in [6.07, 6.45) is 2.86. The van der Waals surface area contributed by atoms with Crippen LogP contribution < -0.4 is 5.73 Å². The van der Waals surface area contributed by atoms with Crippen LogP contribution in [0, 0.1) is 23.4 Å². The summed E-state index contributed by atoms with van der Waals surface area (Å²) in [5.74, 6) is -2.81. The quantitative estimate of drug-likeness (QED) is 0.802.